The first-order valence-electron chi connectivity index (χ1n) is 6.41. The third kappa shape index (κ3) is 2.17. The van der Waals surface area contributed by atoms with Gasteiger partial charge in [0.1, 0.15) is 5.54 Å². The Morgan fingerprint density at radius 1 is 1.56 bits per heavy atom. The molecule has 0 aromatic carbocycles. The molecule has 0 radical (unpaired) electrons. The van der Waals surface area contributed by atoms with Crippen LogP contribution in [0.4, 0.5) is 0 Å². The summed E-state index contributed by atoms with van der Waals surface area (Å²) in [6, 6.07) is 0. The molecule has 1 saturated heterocycles. The molecule has 18 heavy (non-hydrogen) atoms. The predicted octanol–water partition coefficient (Wildman–Crippen LogP) is 2.59. The minimum absolute atomic E-state index is 0.662. The highest BCUT2D eigenvalue weighted by Crippen LogP contribution is 2.35. The molecule has 2 heterocycles. The maximum absolute atomic E-state index is 11.6. The van der Waals surface area contributed by atoms with Crippen molar-refractivity contribution in [2.45, 2.75) is 52.1 Å². The number of aryl methyl sites for hydroxylation is 2. The van der Waals surface area contributed by atoms with Crippen LogP contribution in [0.2, 0.25) is 0 Å². The van der Waals surface area contributed by atoms with Gasteiger partial charge in [0, 0.05) is 11.4 Å². The molecule has 4 nitrogen and oxygen atoms in total. The second-order valence-electron chi connectivity index (χ2n) is 4.96. The lowest BCUT2D eigenvalue weighted by Crippen LogP contribution is -2.49. The highest BCUT2D eigenvalue weighted by Gasteiger charge is 2.46. The molecule has 0 aliphatic carbocycles. The van der Waals surface area contributed by atoms with Crippen molar-refractivity contribution in [2.75, 3.05) is 6.54 Å². The van der Waals surface area contributed by atoms with Crippen molar-refractivity contribution in [1.82, 2.24) is 9.88 Å². The summed E-state index contributed by atoms with van der Waals surface area (Å²) < 4.78 is 0. The molecular weight excluding hydrogens is 248 g/mol. The van der Waals surface area contributed by atoms with E-state index < -0.39 is 11.5 Å². The monoisotopic (exact) mass is 268 g/mol. The van der Waals surface area contributed by atoms with E-state index in [4.69, 9.17) is 0 Å². The van der Waals surface area contributed by atoms with Gasteiger partial charge in [0.05, 0.1) is 10.7 Å². The van der Waals surface area contributed by atoms with E-state index in [0.29, 0.717) is 6.42 Å². The first-order chi connectivity index (χ1) is 8.49. The third-order valence-electron chi connectivity index (χ3n) is 3.94. The zero-order chi connectivity index (χ0) is 13.3. The summed E-state index contributed by atoms with van der Waals surface area (Å²) in [5, 5.41) is 10.6. The highest BCUT2D eigenvalue weighted by molar-refractivity contribution is 7.11. The van der Waals surface area contributed by atoms with Gasteiger partial charge in [-0.15, -0.1) is 11.3 Å². The maximum Gasteiger partial charge on any atom is 0.324 e. The van der Waals surface area contributed by atoms with Crippen molar-refractivity contribution in [3.63, 3.8) is 0 Å². The number of aliphatic carboxylic acids is 1. The molecule has 1 N–H and O–H groups in total. The van der Waals surface area contributed by atoms with Gasteiger partial charge in [0.15, 0.2) is 0 Å². The van der Waals surface area contributed by atoms with Crippen LogP contribution in [0.1, 0.15) is 41.8 Å². The maximum atomic E-state index is 11.6. The van der Waals surface area contributed by atoms with Crippen LogP contribution < -0.4 is 0 Å². The van der Waals surface area contributed by atoms with E-state index in [1.165, 1.54) is 4.88 Å². The average molecular weight is 268 g/mol. The average Bonchev–Trinajstić information content (AvgIpc) is 2.84. The molecule has 100 valence electrons. The van der Waals surface area contributed by atoms with Crippen molar-refractivity contribution < 1.29 is 9.90 Å². The number of carboxylic acid groups (broad SMARTS) is 1. The molecule has 0 saturated carbocycles. The molecule has 1 aliphatic heterocycles. The minimum Gasteiger partial charge on any atom is -0.480 e. The summed E-state index contributed by atoms with van der Waals surface area (Å²) in [5.74, 6) is -0.679. The number of rotatable bonds is 4. The van der Waals surface area contributed by atoms with E-state index >= 15 is 0 Å². The van der Waals surface area contributed by atoms with E-state index in [0.717, 1.165) is 36.6 Å². The van der Waals surface area contributed by atoms with Gasteiger partial charge in [0.2, 0.25) is 0 Å². The molecular formula is C13H20N2O2S. The smallest absolute Gasteiger partial charge is 0.324 e. The van der Waals surface area contributed by atoms with Crippen molar-refractivity contribution in [3.05, 3.63) is 15.6 Å². The Labute approximate surface area is 112 Å². The number of carbonyl (C=O) groups is 1. The number of thiazole rings is 1. The molecule has 1 fully saturated rings. The Balaban J connectivity index is 2.22. The summed E-state index contributed by atoms with van der Waals surface area (Å²) in [6.07, 6.45) is 2.39. The van der Waals surface area contributed by atoms with Crippen LogP contribution in [-0.4, -0.2) is 33.0 Å². The van der Waals surface area contributed by atoms with Gasteiger partial charge in [-0.3, -0.25) is 9.69 Å². The van der Waals surface area contributed by atoms with Gasteiger partial charge in [0.25, 0.3) is 0 Å². The highest BCUT2D eigenvalue weighted by atomic mass is 32.1. The lowest BCUT2D eigenvalue weighted by molar-refractivity contribution is -0.150. The Bertz CT molecular complexity index is 458. The molecule has 0 bridgehead atoms. The Hall–Kier alpha value is -0.940. The summed E-state index contributed by atoms with van der Waals surface area (Å²) in [5.41, 5.74) is 0.379. The number of hydrogen-bond acceptors (Lipinski definition) is 4. The van der Waals surface area contributed by atoms with Gasteiger partial charge in [-0.25, -0.2) is 4.98 Å². The van der Waals surface area contributed by atoms with Crippen LogP contribution >= 0.6 is 11.3 Å². The van der Waals surface area contributed by atoms with Gasteiger partial charge >= 0.3 is 5.97 Å². The van der Waals surface area contributed by atoms with E-state index in [-0.39, 0.29) is 0 Å². The molecule has 1 aromatic rings. The van der Waals surface area contributed by atoms with E-state index in [2.05, 4.69) is 9.88 Å². The molecule has 2 rings (SSSR count). The molecule has 5 heteroatoms. The topological polar surface area (TPSA) is 53.4 Å². The number of nitrogens with zero attached hydrogens (tertiary/aromatic N) is 2. The molecule has 1 aromatic heterocycles. The van der Waals surface area contributed by atoms with Crippen LogP contribution in [0, 0.1) is 13.8 Å². The number of aromatic nitrogens is 1. The lowest BCUT2D eigenvalue weighted by Gasteiger charge is -2.33. The Morgan fingerprint density at radius 2 is 2.28 bits per heavy atom. The minimum atomic E-state index is -0.679. The summed E-state index contributed by atoms with van der Waals surface area (Å²) in [4.78, 5) is 19.3. The van der Waals surface area contributed by atoms with Crippen LogP contribution in [0.25, 0.3) is 0 Å². The second kappa shape index (κ2) is 4.97. The van der Waals surface area contributed by atoms with Gasteiger partial charge in [-0.05, 0) is 39.7 Å². The van der Waals surface area contributed by atoms with Crippen molar-refractivity contribution >= 4 is 17.3 Å². The third-order valence-corrected chi connectivity index (χ3v) is 5.00. The van der Waals surface area contributed by atoms with Crippen molar-refractivity contribution in [3.8, 4) is 0 Å². The van der Waals surface area contributed by atoms with Crippen molar-refractivity contribution in [1.29, 1.82) is 0 Å². The van der Waals surface area contributed by atoms with Crippen LogP contribution in [0.5, 0.6) is 0 Å². The van der Waals surface area contributed by atoms with Gasteiger partial charge in [-0.2, -0.15) is 0 Å². The van der Waals surface area contributed by atoms with Gasteiger partial charge < -0.3 is 5.11 Å². The van der Waals surface area contributed by atoms with Crippen LogP contribution in [0.15, 0.2) is 0 Å². The Morgan fingerprint density at radius 3 is 2.78 bits per heavy atom. The normalized spacial score (nSPS) is 24.6. The summed E-state index contributed by atoms with van der Waals surface area (Å²) in [6.45, 7) is 7.56. The van der Waals surface area contributed by atoms with Crippen molar-refractivity contribution in [2.24, 2.45) is 0 Å². The van der Waals surface area contributed by atoms with E-state index in [1.54, 1.807) is 11.3 Å². The zero-order valence-electron chi connectivity index (χ0n) is 11.2. The predicted molar refractivity (Wildman–Crippen MR) is 71.9 cm³/mol. The largest absolute Gasteiger partial charge is 0.480 e. The van der Waals surface area contributed by atoms with Crippen LogP contribution in [-0.2, 0) is 11.3 Å². The second-order valence-corrected chi connectivity index (χ2v) is 6.24. The molecule has 1 aliphatic rings. The number of likely N-dealkylation sites (tertiary alicyclic amines) is 1. The summed E-state index contributed by atoms with van der Waals surface area (Å²) >= 11 is 1.68. The fourth-order valence-corrected chi connectivity index (χ4v) is 3.81. The number of hydrogen-bond donors (Lipinski definition) is 1. The van der Waals surface area contributed by atoms with E-state index in [9.17, 15) is 9.90 Å². The SMILES string of the molecule is CCC1(C(=O)O)CCCN1Cc1sc(C)nc1C. The fourth-order valence-electron chi connectivity index (χ4n) is 2.85. The quantitative estimate of drug-likeness (QED) is 0.912. The lowest BCUT2D eigenvalue weighted by atomic mass is 9.93. The molecule has 1 unspecified atom stereocenters. The molecule has 0 spiro atoms. The standard InChI is InChI=1S/C13H20N2O2S/c1-4-13(12(16)17)6-5-7-15(13)8-11-9(2)14-10(3)18-11/h4-8H2,1-3H3,(H,16,17). The van der Waals surface area contributed by atoms with Gasteiger partial charge in [-0.1, -0.05) is 6.92 Å². The molecule has 0 amide bonds. The first kappa shape index (κ1) is 13.5. The fraction of sp³-hybridized carbons (Fsp3) is 0.692. The summed E-state index contributed by atoms with van der Waals surface area (Å²) in [7, 11) is 0. The van der Waals surface area contributed by atoms with Crippen LogP contribution in [0.3, 0.4) is 0 Å². The Kier molecular flexibility index (Phi) is 3.73. The zero-order valence-corrected chi connectivity index (χ0v) is 12.0. The molecule has 1 atom stereocenters. The first-order valence-corrected chi connectivity index (χ1v) is 7.22. The van der Waals surface area contributed by atoms with E-state index in [1.807, 2.05) is 20.8 Å². The number of carboxylic acids is 1.